The molecule has 2 aliphatic rings. The summed E-state index contributed by atoms with van der Waals surface area (Å²) in [6, 6.07) is 27.9. The summed E-state index contributed by atoms with van der Waals surface area (Å²) < 4.78 is 14.1. The van der Waals surface area contributed by atoms with E-state index in [1.165, 1.54) is 34.2 Å². The van der Waals surface area contributed by atoms with E-state index in [-0.39, 0.29) is 0 Å². The molecule has 2 saturated heterocycles. The Bertz CT molecular complexity index is 2160. The molecule has 4 aromatic heterocycles. The third kappa shape index (κ3) is 10.6. The van der Waals surface area contributed by atoms with Gasteiger partial charge in [-0.25, -0.2) is 4.98 Å². The minimum atomic E-state index is 0.624. The molecule has 15 heteroatoms. The molecule has 0 amide bonds. The molecule has 0 aliphatic carbocycles. The highest BCUT2D eigenvalue weighted by Crippen LogP contribution is 2.27. The highest BCUT2D eigenvalue weighted by Gasteiger charge is 2.22. The van der Waals surface area contributed by atoms with Gasteiger partial charge in [-0.3, -0.25) is 14.8 Å². The number of aromatic nitrogens is 6. The molecule has 12 nitrogen and oxygen atoms in total. The summed E-state index contributed by atoms with van der Waals surface area (Å²) in [4.78, 5) is 27.4. The van der Waals surface area contributed by atoms with Crippen molar-refractivity contribution in [3.05, 3.63) is 113 Å². The number of hydrogen-bond acceptors (Lipinski definition) is 14. The van der Waals surface area contributed by atoms with Crippen molar-refractivity contribution < 1.29 is 4.74 Å². The highest BCUT2D eigenvalue weighted by atomic mass is 35.5. The number of anilines is 2. The average Bonchev–Trinajstić information content (AvgIpc) is 3.95. The van der Waals surface area contributed by atoms with Gasteiger partial charge in [0.2, 0.25) is 16.1 Å². The van der Waals surface area contributed by atoms with E-state index in [0.29, 0.717) is 28.1 Å². The monoisotopic (exact) mass is 791 g/mol. The molecule has 6 heterocycles. The smallest absolute Gasteiger partial charge is 0.213 e. The van der Waals surface area contributed by atoms with Gasteiger partial charge < -0.3 is 14.5 Å². The molecule has 55 heavy (non-hydrogen) atoms. The number of benzene rings is 2. The van der Waals surface area contributed by atoms with E-state index in [0.717, 1.165) is 99.8 Å². The molecule has 0 radical (unpaired) electrons. The molecule has 2 fully saturated rings. The summed E-state index contributed by atoms with van der Waals surface area (Å²) in [5.74, 6) is 2.01. The molecule has 6 aromatic rings. The minimum Gasteiger partial charge on any atom is -0.481 e. The Morgan fingerprint density at radius 1 is 0.691 bits per heavy atom. The van der Waals surface area contributed by atoms with Crippen molar-refractivity contribution in [1.29, 1.82) is 5.26 Å². The maximum atomic E-state index is 9.08. The maximum Gasteiger partial charge on any atom is 0.213 e. The van der Waals surface area contributed by atoms with Gasteiger partial charge in [-0.1, -0.05) is 54.1 Å². The highest BCUT2D eigenvalue weighted by molar-refractivity contribution is 7.10. The summed E-state index contributed by atoms with van der Waals surface area (Å²) in [6.07, 6.45) is 5.57. The van der Waals surface area contributed by atoms with Crippen molar-refractivity contribution in [2.75, 3.05) is 82.4 Å². The molecule has 0 N–H and O–H groups in total. The minimum absolute atomic E-state index is 0.624. The van der Waals surface area contributed by atoms with E-state index >= 15 is 0 Å². The van der Waals surface area contributed by atoms with Crippen LogP contribution in [0.25, 0.3) is 22.9 Å². The molecule has 2 aromatic carbocycles. The van der Waals surface area contributed by atoms with Crippen LogP contribution in [0.3, 0.4) is 0 Å². The Kier molecular flexibility index (Phi) is 13.2. The first-order valence-corrected chi connectivity index (χ1v) is 20.2. The van der Waals surface area contributed by atoms with Gasteiger partial charge in [-0.15, -0.1) is 0 Å². The van der Waals surface area contributed by atoms with Gasteiger partial charge in [0, 0.05) is 118 Å². The lowest BCUT2D eigenvalue weighted by Crippen LogP contribution is -2.47. The van der Waals surface area contributed by atoms with E-state index in [9.17, 15) is 0 Å². The van der Waals surface area contributed by atoms with Crippen molar-refractivity contribution in [3.8, 4) is 34.9 Å². The fraction of sp³-hybridized carbons (Fsp3) is 0.325. The lowest BCUT2D eigenvalue weighted by atomic mass is 10.1. The lowest BCUT2D eigenvalue weighted by molar-refractivity contribution is 0.261. The van der Waals surface area contributed by atoms with Crippen LogP contribution in [0.5, 0.6) is 5.88 Å². The first-order valence-electron chi connectivity index (χ1n) is 18.3. The summed E-state index contributed by atoms with van der Waals surface area (Å²) in [6.45, 7) is 10.1. The number of nitrogens with zero attached hydrogens (tertiary/aromatic N) is 11. The van der Waals surface area contributed by atoms with Gasteiger partial charge in [-0.05, 0) is 54.3 Å². The molecular weight excluding hydrogens is 750 g/mol. The SMILES string of the molecule is COc1cc(CCN2CCN(c3nc(-c4cccc(C#N)c4)ns3)CC2)ccn1.Clc1ccnc(-c2nsc(N3CCN(CCc4ccccc4)CC3)n2)c1. The summed E-state index contributed by atoms with van der Waals surface area (Å²) in [5, 5.41) is 11.6. The van der Waals surface area contributed by atoms with Crippen LogP contribution in [0.2, 0.25) is 5.02 Å². The molecule has 8 rings (SSSR count). The Morgan fingerprint density at radius 3 is 1.98 bits per heavy atom. The van der Waals surface area contributed by atoms with Gasteiger partial charge in [0.05, 0.1) is 18.7 Å². The van der Waals surface area contributed by atoms with Crippen molar-refractivity contribution in [1.82, 2.24) is 38.5 Å². The average molecular weight is 792 g/mol. The van der Waals surface area contributed by atoms with Crippen LogP contribution >= 0.6 is 34.7 Å². The molecule has 0 saturated carbocycles. The number of ether oxygens (including phenoxy) is 1. The van der Waals surface area contributed by atoms with Gasteiger partial charge in [0.1, 0.15) is 5.69 Å². The zero-order chi connectivity index (χ0) is 37.8. The Labute approximate surface area is 335 Å². The lowest BCUT2D eigenvalue weighted by Gasteiger charge is -2.34. The first-order chi connectivity index (χ1) is 27.0. The Balaban J connectivity index is 0.000000170. The number of rotatable bonds is 11. The van der Waals surface area contributed by atoms with Crippen LogP contribution in [0.4, 0.5) is 10.3 Å². The summed E-state index contributed by atoms with van der Waals surface area (Å²) in [5.41, 5.74) is 4.88. The van der Waals surface area contributed by atoms with E-state index in [1.807, 2.05) is 30.3 Å². The fourth-order valence-electron chi connectivity index (χ4n) is 6.43. The number of halogens is 1. The van der Waals surface area contributed by atoms with Gasteiger partial charge in [0.15, 0.2) is 11.6 Å². The third-order valence-corrected chi connectivity index (χ3v) is 11.4. The number of methoxy groups -OCH3 is 1. The molecule has 0 unspecified atom stereocenters. The number of hydrogen-bond donors (Lipinski definition) is 0. The normalized spacial score (nSPS) is 14.9. The zero-order valence-electron chi connectivity index (χ0n) is 30.7. The predicted octanol–water partition coefficient (Wildman–Crippen LogP) is 6.46. The standard InChI is InChI=1S/C21H22N6OS.C19H20ClN5S/c1-28-19-14-16(5-7-23-19)6-8-26-9-11-27(12-10-26)21-24-20(25-29-21)18-4-2-3-17(13-18)15-22;20-16-6-8-21-17(14-16)18-22-19(26-23-18)25-12-10-24(11-13-25)9-7-15-4-2-1-3-5-15/h2-5,7,13-14H,6,8-12H2,1H3;1-6,8,14H,7,9-13H2. The second kappa shape index (κ2) is 19.0. The molecule has 0 bridgehead atoms. The predicted molar refractivity (Wildman–Crippen MR) is 220 cm³/mol. The molecule has 282 valence electrons. The molecule has 2 aliphatic heterocycles. The van der Waals surface area contributed by atoms with Crippen molar-refractivity contribution in [2.24, 2.45) is 0 Å². The quantitative estimate of drug-likeness (QED) is 0.143. The van der Waals surface area contributed by atoms with E-state index in [1.54, 1.807) is 37.7 Å². The number of piperazine rings is 2. The van der Waals surface area contributed by atoms with Crippen molar-refractivity contribution >= 4 is 44.9 Å². The Morgan fingerprint density at radius 2 is 1.33 bits per heavy atom. The third-order valence-electron chi connectivity index (χ3n) is 9.60. The van der Waals surface area contributed by atoms with E-state index < -0.39 is 0 Å². The maximum absolute atomic E-state index is 9.08. The van der Waals surface area contributed by atoms with Gasteiger partial charge in [0.25, 0.3) is 0 Å². The van der Waals surface area contributed by atoms with Crippen LogP contribution in [0.1, 0.15) is 16.7 Å². The van der Waals surface area contributed by atoms with E-state index in [4.69, 9.17) is 26.6 Å². The van der Waals surface area contributed by atoms with Crippen LogP contribution in [-0.2, 0) is 12.8 Å². The molecule has 0 atom stereocenters. The first kappa shape index (κ1) is 38.2. The van der Waals surface area contributed by atoms with Crippen LogP contribution in [0.15, 0.2) is 91.3 Å². The van der Waals surface area contributed by atoms with Crippen LogP contribution in [-0.4, -0.2) is 111 Å². The summed E-state index contributed by atoms with van der Waals surface area (Å²) in [7, 11) is 1.64. The summed E-state index contributed by atoms with van der Waals surface area (Å²) >= 11 is 8.89. The van der Waals surface area contributed by atoms with Crippen LogP contribution < -0.4 is 14.5 Å². The van der Waals surface area contributed by atoms with E-state index in [2.05, 4.69) is 79.7 Å². The van der Waals surface area contributed by atoms with Gasteiger partial charge in [-0.2, -0.15) is 24.0 Å². The number of nitriles is 1. The topological polar surface area (TPSA) is 123 Å². The fourth-order valence-corrected chi connectivity index (χ4v) is 8.05. The van der Waals surface area contributed by atoms with Crippen molar-refractivity contribution in [3.63, 3.8) is 0 Å². The zero-order valence-corrected chi connectivity index (χ0v) is 33.1. The second-order valence-electron chi connectivity index (χ2n) is 13.2. The van der Waals surface area contributed by atoms with Crippen LogP contribution in [0, 0.1) is 11.3 Å². The van der Waals surface area contributed by atoms with Gasteiger partial charge >= 0.3 is 0 Å². The largest absolute Gasteiger partial charge is 0.481 e. The molecular formula is C40H42ClN11OS2. The molecule has 0 spiro atoms. The second-order valence-corrected chi connectivity index (χ2v) is 15.1. The van der Waals surface area contributed by atoms with Crippen molar-refractivity contribution in [2.45, 2.75) is 12.8 Å². The number of pyridine rings is 2. The Hall–Kier alpha value is -5.04.